The van der Waals surface area contributed by atoms with E-state index in [0.717, 1.165) is 17.8 Å². The lowest BCUT2D eigenvalue weighted by atomic mass is 9.99. The maximum absolute atomic E-state index is 14.1. The molecule has 102 valence electrons. The van der Waals surface area contributed by atoms with Crippen LogP contribution in [0.3, 0.4) is 0 Å². The van der Waals surface area contributed by atoms with E-state index in [1.807, 2.05) is 27.1 Å². The van der Waals surface area contributed by atoms with Gasteiger partial charge in [0.05, 0.1) is 11.7 Å². The fourth-order valence-corrected chi connectivity index (χ4v) is 2.39. The van der Waals surface area contributed by atoms with E-state index in [0.29, 0.717) is 10.6 Å². The lowest BCUT2D eigenvalue weighted by Crippen LogP contribution is -2.23. The summed E-state index contributed by atoms with van der Waals surface area (Å²) < 4.78 is 15.8. The Kier molecular flexibility index (Phi) is 4.22. The standard InChI is InChI=1S/C14H17ClFN3/c1-4-17-14(12-8-19(3)18-9(12)2)11-6-5-10(15)7-13(11)16/h5-8,14,17H,4H2,1-3H3. The van der Waals surface area contributed by atoms with Gasteiger partial charge < -0.3 is 5.32 Å². The highest BCUT2D eigenvalue weighted by molar-refractivity contribution is 6.30. The van der Waals surface area contributed by atoms with E-state index in [9.17, 15) is 4.39 Å². The largest absolute Gasteiger partial charge is 0.306 e. The lowest BCUT2D eigenvalue weighted by Gasteiger charge is -2.18. The van der Waals surface area contributed by atoms with Gasteiger partial charge in [0.25, 0.3) is 0 Å². The first-order valence-electron chi connectivity index (χ1n) is 6.21. The van der Waals surface area contributed by atoms with Gasteiger partial charge in [-0.15, -0.1) is 0 Å². The van der Waals surface area contributed by atoms with Crippen molar-refractivity contribution < 1.29 is 4.39 Å². The number of halogens is 2. The van der Waals surface area contributed by atoms with Crippen LogP contribution >= 0.6 is 11.6 Å². The molecule has 1 aromatic heterocycles. The van der Waals surface area contributed by atoms with Crippen LogP contribution in [0.25, 0.3) is 0 Å². The Hall–Kier alpha value is -1.39. The predicted molar refractivity (Wildman–Crippen MR) is 74.9 cm³/mol. The van der Waals surface area contributed by atoms with Gasteiger partial charge in [0.1, 0.15) is 5.82 Å². The van der Waals surface area contributed by atoms with Crippen LogP contribution in [0.5, 0.6) is 0 Å². The Morgan fingerprint density at radius 1 is 1.42 bits per heavy atom. The summed E-state index contributed by atoms with van der Waals surface area (Å²) in [7, 11) is 1.86. The Balaban J connectivity index is 2.48. The fourth-order valence-electron chi connectivity index (χ4n) is 2.23. The van der Waals surface area contributed by atoms with Crippen LogP contribution in [-0.4, -0.2) is 16.3 Å². The van der Waals surface area contributed by atoms with Gasteiger partial charge in [0.2, 0.25) is 0 Å². The van der Waals surface area contributed by atoms with E-state index in [1.54, 1.807) is 16.8 Å². The number of aromatic nitrogens is 2. The van der Waals surface area contributed by atoms with E-state index < -0.39 is 0 Å². The van der Waals surface area contributed by atoms with Crippen molar-refractivity contribution in [3.63, 3.8) is 0 Å². The summed E-state index contributed by atoms with van der Waals surface area (Å²) in [5.74, 6) is -0.304. The molecule has 1 N–H and O–H groups in total. The van der Waals surface area contributed by atoms with Crippen LogP contribution in [-0.2, 0) is 7.05 Å². The summed E-state index contributed by atoms with van der Waals surface area (Å²) >= 11 is 5.80. The second-order valence-corrected chi connectivity index (χ2v) is 4.94. The second-order valence-electron chi connectivity index (χ2n) is 4.50. The van der Waals surface area contributed by atoms with Crippen LogP contribution in [0.1, 0.15) is 29.8 Å². The van der Waals surface area contributed by atoms with E-state index in [4.69, 9.17) is 11.6 Å². The number of hydrogen-bond acceptors (Lipinski definition) is 2. The monoisotopic (exact) mass is 281 g/mol. The maximum atomic E-state index is 14.1. The summed E-state index contributed by atoms with van der Waals surface area (Å²) in [6.45, 7) is 4.65. The molecular formula is C14H17ClFN3. The number of hydrogen-bond donors (Lipinski definition) is 1. The molecule has 1 unspecified atom stereocenters. The average molecular weight is 282 g/mol. The Morgan fingerprint density at radius 2 is 2.16 bits per heavy atom. The quantitative estimate of drug-likeness (QED) is 0.932. The van der Waals surface area contributed by atoms with E-state index in [2.05, 4.69) is 10.4 Å². The zero-order valence-electron chi connectivity index (χ0n) is 11.2. The van der Waals surface area contributed by atoms with Crippen LogP contribution in [0.2, 0.25) is 5.02 Å². The first kappa shape index (κ1) is 14.0. The van der Waals surface area contributed by atoms with E-state index >= 15 is 0 Å². The van der Waals surface area contributed by atoms with Gasteiger partial charge in [-0.25, -0.2) is 4.39 Å². The van der Waals surface area contributed by atoms with Crippen molar-refractivity contribution in [2.24, 2.45) is 7.05 Å². The molecule has 19 heavy (non-hydrogen) atoms. The minimum absolute atomic E-state index is 0.212. The van der Waals surface area contributed by atoms with Gasteiger partial charge in [-0.2, -0.15) is 5.10 Å². The molecule has 2 aromatic rings. The third-order valence-electron chi connectivity index (χ3n) is 3.04. The smallest absolute Gasteiger partial charge is 0.129 e. The van der Waals surface area contributed by atoms with Gasteiger partial charge >= 0.3 is 0 Å². The number of rotatable bonds is 4. The summed E-state index contributed by atoms with van der Waals surface area (Å²) in [6.07, 6.45) is 1.91. The Labute approximate surface area is 117 Å². The average Bonchev–Trinajstić information content (AvgIpc) is 2.66. The molecule has 0 spiro atoms. The van der Waals surface area contributed by atoms with Gasteiger partial charge in [0.15, 0.2) is 0 Å². The van der Waals surface area contributed by atoms with E-state index in [1.165, 1.54) is 6.07 Å². The van der Waals surface area contributed by atoms with Crippen LogP contribution in [0, 0.1) is 12.7 Å². The number of nitrogens with one attached hydrogen (secondary N) is 1. The van der Waals surface area contributed by atoms with Crippen molar-refractivity contribution in [3.05, 3.63) is 52.1 Å². The zero-order chi connectivity index (χ0) is 14.0. The van der Waals surface area contributed by atoms with Crippen molar-refractivity contribution in [3.8, 4) is 0 Å². The molecule has 5 heteroatoms. The third kappa shape index (κ3) is 2.96. The molecule has 2 rings (SSSR count). The first-order valence-corrected chi connectivity index (χ1v) is 6.59. The molecule has 0 saturated heterocycles. The third-order valence-corrected chi connectivity index (χ3v) is 3.28. The van der Waals surface area contributed by atoms with Crippen molar-refractivity contribution in [2.75, 3.05) is 6.54 Å². The molecular weight excluding hydrogens is 265 g/mol. The zero-order valence-corrected chi connectivity index (χ0v) is 12.0. The fraction of sp³-hybridized carbons (Fsp3) is 0.357. The molecule has 0 saturated carbocycles. The molecule has 0 bridgehead atoms. The molecule has 0 fully saturated rings. The molecule has 3 nitrogen and oxygen atoms in total. The maximum Gasteiger partial charge on any atom is 0.129 e. The van der Waals surface area contributed by atoms with Crippen molar-refractivity contribution in [1.82, 2.24) is 15.1 Å². The lowest BCUT2D eigenvalue weighted by molar-refractivity contribution is 0.558. The normalized spacial score (nSPS) is 12.7. The van der Waals surface area contributed by atoms with Gasteiger partial charge in [0, 0.05) is 29.4 Å². The van der Waals surface area contributed by atoms with Crippen LogP contribution < -0.4 is 5.32 Å². The van der Waals surface area contributed by atoms with Gasteiger partial charge in [-0.05, 0) is 25.6 Å². The predicted octanol–water partition coefficient (Wildman–Crippen LogP) is 3.22. The molecule has 0 aliphatic rings. The van der Waals surface area contributed by atoms with Crippen molar-refractivity contribution >= 4 is 11.6 Å². The molecule has 1 heterocycles. The van der Waals surface area contributed by atoms with Crippen molar-refractivity contribution in [2.45, 2.75) is 19.9 Å². The number of aryl methyl sites for hydroxylation is 2. The highest BCUT2D eigenvalue weighted by Crippen LogP contribution is 2.27. The first-order chi connectivity index (χ1) is 9.02. The number of nitrogens with zero attached hydrogens (tertiary/aromatic N) is 2. The minimum Gasteiger partial charge on any atom is -0.306 e. The topological polar surface area (TPSA) is 29.9 Å². The molecule has 1 atom stereocenters. The summed E-state index contributed by atoms with van der Waals surface area (Å²) in [6, 6.07) is 4.55. The Morgan fingerprint density at radius 3 is 2.68 bits per heavy atom. The van der Waals surface area contributed by atoms with Gasteiger partial charge in [-0.3, -0.25) is 4.68 Å². The molecule has 0 aliphatic carbocycles. The minimum atomic E-state index is -0.304. The summed E-state index contributed by atoms with van der Waals surface area (Å²) in [5, 5.41) is 8.01. The highest BCUT2D eigenvalue weighted by atomic mass is 35.5. The highest BCUT2D eigenvalue weighted by Gasteiger charge is 2.20. The molecule has 0 radical (unpaired) electrons. The molecule has 0 aliphatic heterocycles. The van der Waals surface area contributed by atoms with E-state index in [-0.39, 0.29) is 11.9 Å². The number of benzene rings is 1. The van der Waals surface area contributed by atoms with Gasteiger partial charge in [-0.1, -0.05) is 24.6 Å². The molecule has 0 amide bonds. The van der Waals surface area contributed by atoms with Crippen molar-refractivity contribution in [1.29, 1.82) is 0 Å². The summed E-state index contributed by atoms with van der Waals surface area (Å²) in [4.78, 5) is 0. The second kappa shape index (κ2) is 5.72. The molecule has 1 aromatic carbocycles. The SMILES string of the molecule is CCNC(c1ccc(Cl)cc1F)c1cn(C)nc1C. The van der Waals surface area contributed by atoms with Crippen LogP contribution in [0.4, 0.5) is 4.39 Å². The summed E-state index contributed by atoms with van der Waals surface area (Å²) in [5.41, 5.74) is 2.45. The Bertz CT molecular complexity index is 580. The van der Waals surface area contributed by atoms with Crippen LogP contribution in [0.15, 0.2) is 24.4 Å².